The quantitative estimate of drug-likeness (QED) is 0.236. The summed E-state index contributed by atoms with van der Waals surface area (Å²) in [5, 5.41) is 9.21. The standard InChI is InChI=1S/C17H28N4O3.HI/c1-12(2)16(22)19-8-9-20-17(18-3)21-11-13-6-7-14(23-4)10-15(13)24-5;/h6-7,10,12H,8-9,11H2,1-5H3,(H,19,22)(H2,18,20,21);1H. The maximum absolute atomic E-state index is 11.5. The molecule has 0 aromatic heterocycles. The van der Waals surface area contributed by atoms with Gasteiger partial charge in [-0.15, -0.1) is 24.0 Å². The zero-order valence-corrected chi connectivity index (χ0v) is 17.8. The largest absolute Gasteiger partial charge is 0.497 e. The van der Waals surface area contributed by atoms with E-state index in [2.05, 4.69) is 20.9 Å². The van der Waals surface area contributed by atoms with E-state index < -0.39 is 0 Å². The van der Waals surface area contributed by atoms with Gasteiger partial charge in [-0.25, -0.2) is 0 Å². The van der Waals surface area contributed by atoms with Gasteiger partial charge >= 0.3 is 0 Å². The highest BCUT2D eigenvalue weighted by molar-refractivity contribution is 14.0. The molecule has 142 valence electrons. The predicted molar refractivity (Wildman–Crippen MR) is 111 cm³/mol. The molecule has 0 fully saturated rings. The minimum absolute atomic E-state index is 0. The molecule has 25 heavy (non-hydrogen) atoms. The Morgan fingerprint density at radius 3 is 2.36 bits per heavy atom. The van der Waals surface area contributed by atoms with Crippen molar-refractivity contribution in [1.82, 2.24) is 16.0 Å². The van der Waals surface area contributed by atoms with Gasteiger partial charge in [-0.1, -0.05) is 13.8 Å². The molecule has 0 aliphatic carbocycles. The van der Waals surface area contributed by atoms with Gasteiger partial charge in [0.05, 0.1) is 14.2 Å². The van der Waals surface area contributed by atoms with Gasteiger partial charge in [-0.2, -0.15) is 0 Å². The van der Waals surface area contributed by atoms with Crippen molar-refractivity contribution in [3.8, 4) is 11.5 Å². The summed E-state index contributed by atoms with van der Waals surface area (Å²) >= 11 is 0. The van der Waals surface area contributed by atoms with Crippen molar-refractivity contribution in [2.75, 3.05) is 34.4 Å². The number of carbonyl (C=O) groups is 1. The van der Waals surface area contributed by atoms with E-state index in [0.717, 1.165) is 17.1 Å². The van der Waals surface area contributed by atoms with Gasteiger partial charge in [0.2, 0.25) is 5.91 Å². The van der Waals surface area contributed by atoms with Gasteiger partial charge in [-0.3, -0.25) is 9.79 Å². The number of halogens is 1. The maximum atomic E-state index is 11.5. The average molecular weight is 464 g/mol. The van der Waals surface area contributed by atoms with Crippen LogP contribution in [0.1, 0.15) is 19.4 Å². The van der Waals surface area contributed by atoms with Gasteiger partial charge in [0, 0.05) is 44.2 Å². The van der Waals surface area contributed by atoms with Crippen LogP contribution in [0.25, 0.3) is 0 Å². The summed E-state index contributed by atoms with van der Waals surface area (Å²) in [6.07, 6.45) is 0. The number of nitrogens with one attached hydrogen (secondary N) is 3. The number of guanidine groups is 1. The molecule has 1 aromatic rings. The average Bonchev–Trinajstić information content (AvgIpc) is 2.60. The first-order chi connectivity index (χ1) is 11.5. The van der Waals surface area contributed by atoms with E-state index in [0.29, 0.717) is 25.6 Å². The fraction of sp³-hybridized carbons (Fsp3) is 0.529. The topological polar surface area (TPSA) is 84.0 Å². The minimum atomic E-state index is -0.00928. The first-order valence-electron chi connectivity index (χ1n) is 7.95. The van der Waals surface area contributed by atoms with E-state index in [1.54, 1.807) is 21.3 Å². The molecule has 0 unspecified atom stereocenters. The van der Waals surface area contributed by atoms with Crippen LogP contribution in [0.2, 0.25) is 0 Å². The van der Waals surface area contributed by atoms with Crippen molar-refractivity contribution in [2.24, 2.45) is 10.9 Å². The first kappa shape index (κ1) is 23.3. The van der Waals surface area contributed by atoms with Crippen molar-refractivity contribution in [3.05, 3.63) is 23.8 Å². The molecule has 1 amide bonds. The normalized spacial score (nSPS) is 10.7. The highest BCUT2D eigenvalue weighted by Gasteiger charge is 2.07. The summed E-state index contributed by atoms with van der Waals surface area (Å²) in [5.74, 6) is 2.19. The van der Waals surface area contributed by atoms with Crippen LogP contribution in [-0.2, 0) is 11.3 Å². The zero-order valence-electron chi connectivity index (χ0n) is 15.5. The predicted octanol–water partition coefficient (Wildman–Crippen LogP) is 1.76. The number of amides is 1. The monoisotopic (exact) mass is 464 g/mol. The lowest BCUT2D eigenvalue weighted by atomic mass is 10.2. The lowest BCUT2D eigenvalue weighted by Gasteiger charge is -2.15. The van der Waals surface area contributed by atoms with E-state index in [1.165, 1.54) is 0 Å². The van der Waals surface area contributed by atoms with Crippen molar-refractivity contribution < 1.29 is 14.3 Å². The van der Waals surface area contributed by atoms with Gasteiger partial charge < -0.3 is 25.4 Å². The number of aliphatic imine (C=N–C) groups is 1. The highest BCUT2D eigenvalue weighted by atomic mass is 127. The van der Waals surface area contributed by atoms with Gasteiger partial charge in [-0.05, 0) is 12.1 Å². The van der Waals surface area contributed by atoms with Crippen LogP contribution in [0, 0.1) is 5.92 Å². The van der Waals surface area contributed by atoms with Crippen LogP contribution >= 0.6 is 24.0 Å². The molecule has 1 aromatic carbocycles. The maximum Gasteiger partial charge on any atom is 0.222 e. The highest BCUT2D eigenvalue weighted by Crippen LogP contribution is 2.24. The van der Waals surface area contributed by atoms with E-state index in [4.69, 9.17) is 9.47 Å². The number of carbonyl (C=O) groups excluding carboxylic acids is 1. The lowest BCUT2D eigenvalue weighted by molar-refractivity contribution is -0.123. The molecule has 0 aliphatic heterocycles. The van der Waals surface area contributed by atoms with Crippen LogP contribution in [-0.4, -0.2) is 46.2 Å². The molecule has 7 nitrogen and oxygen atoms in total. The second-order valence-corrected chi connectivity index (χ2v) is 5.48. The van der Waals surface area contributed by atoms with Crippen LogP contribution in [0.5, 0.6) is 11.5 Å². The van der Waals surface area contributed by atoms with E-state index in [1.807, 2.05) is 32.0 Å². The summed E-state index contributed by atoms with van der Waals surface area (Å²) in [7, 11) is 4.95. The Morgan fingerprint density at radius 1 is 1.12 bits per heavy atom. The first-order valence-corrected chi connectivity index (χ1v) is 7.95. The minimum Gasteiger partial charge on any atom is -0.497 e. The van der Waals surface area contributed by atoms with E-state index >= 15 is 0 Å². The third kappa shape index (κ3) is 8.28. The molecule has 0 spiro atoms. The number of ether oxygens (including phenoxy) is 2. The molecule has 0 bridgehead atoms. The molecule has 0 atom stereocenters. The number of nitrogens with zero attached hydrogens (tertiary/aromatic N) is 1. The number of methoxy groups -OCH3 is 2. The number of benzene rings is 1. The summed E-state index contributed by atoms with van der Waals surface area (Å²) in [5.41, 5.74) is 0.995. The molecule has 8 heteroatoms. The Kier molecular flexibility index (Phi) is 11.8. The van der Waals surface area contributed by atoms with Crippen LogP contribution in [0.4, 0.5) is 0 Å². The van der Waals surface area contributed by atoms with Crippen LogP contribution in [0.3, 0.4) is 0 Å². The summed E-state index contributed by atoms with van der Waals surface area (Å²) in [6, 6.07) is 5.67. The number of rotatable bonds is 8. The second-order valence-electron chi connectivity index (χ2n) is 5.48. The number of hydrogen-bond donors (Lipinski definition) is 3. The van der Waals surface area contributed by atoms with Gasteiger partial charge in [0.1, 0.15) is 11.5 Å². The Labute approximate surface area is 167 Å². The second kappa shape index (κ2) is 12.6. The molecule has 1 rings (SSSR count). The van der Waals surface area contributed by atoms with Crippen molar-refractivity contribution in [1.29, 1.82) is 0 Å². The van der Waals surface area contributed by atoms with E-state index in [9.17, 15) is 4.79 Å². The zero-order chi connectivity index (χ0) is 17.9. The fourth-order valence-electron chi connectivity index (χ4n) is 1.97. The SMILES string of the molecule is CN=C(NCCNC(=O)C(C)C)NCc1ccc(OC)cc1OC.I. The summed E-state index contributed by atoms with van der Waals surface area (Å²) in [6.45, 7) is 5.43. The smallest absolute Gasteiger partial charge is 0.222 e. The Bertz CT molecular complexity index is 565. The molecule has 0 saturated carbocycles. The molecule has 0 saturated heterocycles. The third-order valence-electron chi connectivity index (χ3n) is 3.41. The number of hydrogen-bond acceptors (Lipinski definition) is 4. The van der Waals surface area contributed by atoms with Crippen LogP contribution in [0.15, 0.2) is 23.2 Å². The Hall–Kier alpha value is -1.71. The molecule has 3 N–H and O–H groups in total. The lowest BCUT2D eigenvalue weighted by Crippen LogP contribution is -2.41. The molecule has 0 radical (unpaired) electrons. The summed E-state index contributed by atoms with van der Waals surface area (Å²) in [4.78, 5) is 15.6. The van der Waals surface area contributed by atoms with Crippen molar-refractivity contribution >= 4 is 35.8 Å². The fourth-order valence-corrected chi connectivity index (χ4v) is 1.97. The summed E-state index contributed by atoms with van der Waals surface area (Å²) < 4.78 is 10.6. The van der Waals surface area contributed by atoms with Gasteiger partial charge in [0.15, 0.2) is 5.96 Å². The molecular formula is C17H29IN4O3. The van der Waals surface area contributed by atoms with Crippen molar-refractivity contribution in [3.63, 3.8) is 0 Å². The molecule has 0 aliphatic rings. The Balaban J connectivity index is 0.00000576. The van der Waals surface area contributed by atoms with Crippen LogP contribution < -0.4 is 25.4 Å². The van der Waals surface area contributed by atoms with E-state index in [-0.39, 0.29) is 35.8 Å². The Morgan fingerprint density at radius 2 is 1.80 bits per heavy atom. The molecule has 0 heterocycles. The third-order valence-corrected chi connectivity index (χ3v) is 3.41. The molecular weight excluding hydrogens is 435 g/mol. The van der Waals surface area contributed by atoms with Gasteiger partial charge in [0.25, 0.3) is 0 Å². The van der Waals surface area contributed by atoms with Crippen molar-refractivity contribution in [2.45, 2.75) is 20.4 Å².